The van der Waals surface area contributed by atoms with Crippen LogP contribution in [0.15, 0.2) is 33.8 Å². The molecule has 7 heteroatoms. The van der Waals surface area contributed by atoms with E-state index in [2.05, 4.69) is 46.5 Å². The van der Waals surface area contributed by atoms with E-state index in [1.54, 1.807) is 0 Å². The summed E-state index contributed by atoms with van der Waals surface area (Å²) in [7, 11) is 0. The van der Waals surface area contributed by atoms with Crippen LogP contribution in [-0.4, -0.2) is 35.7 Å². The molecule has 0 aliphatic rings. The predicted molar refractivity (Wildman–Crippen MR) is 102 cm³/mol. The van der Waals surface area contributed by atoms with E-state index in [9.17, 15) is 0 Å². The Labute approximate surface area is 154 Å². The molecule has 25 heavy (non-hydrogen) atoms. The second kappa shape index (κ2) is 10.0. The van der Waals surface area contributed by atoms with E-state index in [4.69, 9.17) is 16.1 Å². The van der Waals surface area contributed by atoms with Crippen molar-refractivity contribution in [1.29, 1.82) is 0 Å². The van der Waals surface area contributed by atoms with Gasteiger partial charge in [0, 0.05) is 36.6 Å². The number of benzene rings is 1. The lowest BCUT2D eigenvalue weighted by Crippen LogP contribution is -2.38. The first-order chi connectivity index (χ1) is 12.1. The molecule has 2 aromatic rings. The van der Waals surface area contributed by atoms with Gasteiger partial charge in [0.25, 0.3) is 0 Å². The third kappa shape index (κ3) is 6.74. The highest BCUT2D eigenvalue weighted by atomic mass is 35.5. The zero-order valence-electron chi connectivity index (χ0n) is 15.1. The quantitative estimate of drug-likeness (QED) is 0.554. The molecular weight excluding hydrogens is 338 g/mol. The van der Waals surface area contributed by atoms with Gasteiger partial charge in [0.15, 0.2) is 5.96 Å². The van der Waals surface area contributed by atoms with Gasteiger partial charge in [-0.2, -0.15) is 4.98 Å². The molecule has 1 aromatic heterocycles. The molecule has 0 atom stereocenters. The normalized spacial score (nSPS) is 11.8. The van der Waals surface area contributed by atoms with Crippen molar-refractivity contribution < 1.29 is 4.52 Å². The van der Waals surface area contributed by atoms with E-state index in [0.717, 1.165) is 31.0 Å². The largest absolute Gasteiger partial charge is 0.357 e. The number of hydrogen-bond acceptors (Lipinski definition) is 4. The van der Waals surface area contributed by atoms with E-state index < -0.39 is 0 Å². The van der Waals surface area contributed by atoms with Crippen molar-refractivity contribution in [2.75, 3.05) is 19.6 Å². The minimum Gasteiger partial charge on any atom is -0.357 e. The van der Waals surface area contributed by atoms with Gasteiger partial charge < -0.3 is 15.2 Å². The highest BCUT2D eigenvalue weighted by Gasteiger charge is 2.09. The molecule has 2 rings (SSSR count). The third-order valence-corrected chi connectivity index (χ3v) is 3.74. The molecule has 0 spiro atoms. The molecule has 2 N–H and O–H groups in total. The molecule has 0 fully saturated rings. The Morgan fingerprint density at radius 1 is 1.32 bits per heavy atom. The first kappa shape index (κ1) is 19.2. The van der Waals surface area contributed by atoms with Crippen LogP contribution in [0, 0.1) is 5.92 Å². The second-order valence-electron chi connectivity index (χ2n) is 6.14. The van der Waals surface area contributed by atoms with Crippen LogP contribution < -0.4 is 10.6 Å². The average Bonchev–Trinajstić information content (AvgIpc) is 3.03. The molecule has 0 saturated heterocycles. The number of halogens is 1. The maximum Gasteiger partial charge on any atom is 0.228 e. The maximum absolute atomic E-state index is 5.99. The molecule has 0 radical (unpaired) electrons. The van der Waals surface area contributed by atoms with E-state index in [-0.39, 0.29) is 0 Å². The van der Waals surface area contributed by atoms with E-state index >= 15 is 0 Å². The van der Waals surface area contributed by atoms with Crippen molar-refractivity contribution in [3.8, 4) is 11.4 Å². The summed E-state index contributed by atoms with van der Waals surface area (Å²) in [6.45, 7) is 8.75. The van der Waals surface area contributed by atoms with Crippen LogP contribution in [0.3, 0.4) is 0 Å². The summed E-state index contributed by atoms with van der Waals surface area (Å²) < 4.78 is 5.31. The maximum atomic E-state index is 5.99. The molecule has 0 saturated carbocycles. The van der Waals surface area contributed by atoms with Crippen molar-refractivity contribution in [3.05, 3.63) is 35.2 Å². The molecule has 1 aromatic carbocycles. The molecule has 6 nitrogen and oxygen atoms in total. The van der Waals surface area contributed by atoms with Crippen LogP contribution in [0.4, 0.5) is 0 Å². The monoisotopic (exact) mass is 363 g/mol. The lowest BCUT2D eigenvalue weighted by Gasteiger charge is -2.10. The second-order valence-corrected chi connectivity index (χ2v) is 6.58. The number of aromatic nitrogens is 2. The lowest BCUT2D eigenvalue weighted by molar-refractivity contribution is 0.378. The number of rotatable bonds is 8. The van der Waals surface area contributed by atoms with Crippen molar-refractivity contribution in [3.63, 3.8) is 0 Å². The summed E-state index contributed by atoms with van der Waals surface area (Å²) in [4.78, 5) is 8.97. The van der Waals surface area contributed by atoms with Crippen molar-refractivity contribution in [2.45, 2.75) is 33.6 Å². The molecule has 0 aliphatic heterocycles. The Kier molecular flexibility index (Phi) is 7.73. The van der Waals surface area contributed by atoms with Gasteiger partial charge >= 0.3 is 0 Å². The van der Waals surface area contributed by atoms with Gasteiger partial charge in [0.05, 0.1) is 0 Å². The molecule has 0 unspecified atom stereocenters. The van der Waals surface area contributed by atoms with Crippen molar-refractivity contribution in [1.82, 2.24) is 20.8 Å². The highest BCUT2D eigenvalue weighted by molar-refractivity contribution is 6.30. The summed E-state index contributed by atoms with van der Waals surface area (Å²) in [5.41, 5.74) is 0.846. The van der Waals surface area contributed by atoms with Crippen molar-refractivity contribution >= 4 is 17.6 Å². The van der Waals surface area contributed by atoms with Crippen LogP contribution >= 0.6 is 11.6 Å². The number of nitrogens with one attached hydrogen (secondary N) is 2. The zero-order valence-corrected chi connectivity index (χ0v) is 15.8. The zero-order chi connectivity index (χ0) is 18.1. The van der Waals surface area contributed by atoms with Crippen LogP contribution in [0.1, 0.15) is 33.1 Å². The fourth-order valence-corrected chi connectivity index (χ4v) is 2.36. The van der Waals surface area contributed by atoms with E-state index in [1.165, 1.54) is 0 Å². The topological polar surface area (TPSA) is 75.3 Å². The van der Waals surface area contributed by atoms with Crippen molar-refractivity contribution in [2.24, 2.45) is 10.9 Å². The molecule has 1 heterocycles. The van der Waals surface area contributed by atoms with Gasteiger partial charge in [0.2, 0.25) is 11.7 Å². The molecular formula is C18H26ClN5O. The Hall–Kier alpha value is -2.08. The predicted octanol–water partition coefficient (Wildman–Crippen LogP) is 3.53. The van der Waals surface area contributed by atoms with E-state index in [1.807, 2.05) is 24.3 Å². The molecule has 0 aliphatic carbocycles. The van der Waals surface area contributed by atoms with Gasteiger partial charge in [-0.1, -0.05) is 42.7 Å². The third-order valence-electron chi connectivity index (χ3n) is 3.50. The van der Waals surface area contributed by atoms with Gasteiger partial charge in [-0.15, -0.1) is 0 Å². The standard InChI is InChI=1S/C18H26ClN5O/c1-4-20-18(21-10-8-13(2)3)22-11-9-16-23-17(24-25-16)14-6-5-7-15(19)12-14/h5-7,12-13H,4,8-11H2,1-3H3,(H2,20,21,22). The fourth-order valence-electron chi connectivity index (χ4n) is 2.17. The summed E-state index contributed by atoms with van der Waals surface area (Å²) in [5, 5.41) is 11.2. The van der Waals surface area contributed by atoms with Crippen LogP contribution in [0.2, 0.25) is 5.02 Å². The van der Waals surface area contributed by atoms with E-state index in [0.29, 0.717) is 35.6 Å². The van der Waals surface area contributed by atoms with Gasteiger partial charge in [-0.25, -0.2) is 0 Å². The minimum absolute atomic E-state index is 0.551. The Bertz CT molecular complexity index is 684. The first-order valence-electron chi connectivity index (χ1n) is 8.69. The van der Waals surface area contributed by atoms with Crippen LogP contribution in [-0.2, 0) is 6.42 Å². The number of nitrogens with zero attached hydrogens (tertiary/aromatic N) is 3. The SMILES string of the molecule is CCNC(=NCCC(C)C)NCCc1nc(-c2cccc(Cl)c2)no1. The Morgan fingerprint density at radius 2 is 2.16 bits per heavy atom. The summed E-state index contributed by atoms with van der Waals surface area (Å²) >= 11 is 5.99. The highest BCUT2D eigenvalue weighted by Crippen LogP contribution is 2.19. The lowest BCUT2D eigenvalue weighted by atomic mass is 10.1. The summed E-state index contributed by atoms with van der Waals surface area (Å²) in [6.07, 6.45) is 1.70. The summed E-state index contributed by atoms with van der Waals surface area (Å²) in [6, 6.07) is 7.41. The van der Waals surface area contributed by atoms with Crippen LogP contribution in [0.25, 0.3) is 11.4 Å². The number of guanidine groups is 1. The van der Waals surface area contributed by atoms with Gasteiger partial charge in [-0.3, -0.25) is 4.99 Å². The average molecular weight is 364 g/mol. The molecule has 0 amide bonds. The summed E-state index contributed by atoms with van der Waals surface area (Å²) in [5.74, 6) is 2.60. The fraction of sp³-hybridized carbons (Fsp3) is 0.500. The Morgan fingerprint density at radius 3 is 2.88 bits per heavy atom. The molecule has 136 valence electrons. The first-order valence-corrected chi connectivity index (χ1v) is 9.07. The van der Waals surface area contributed by atoms with Gasteiger partial charge in [-0.05, 0) is 31.4 Å². The number of hydrogen-bond donors (Lipinski definition) is 2. The Balaban J connectivity index is 1.86. The van der Waals surface area contributed by atoms with Gasteiger partial charge in [0.1, 0.15) is 0 Å². The molecule has 0 bridgehead atoms. The smallest absolute Gasteiger partial charge is 0.228 e. The number of aliphatic imine (C=N–C) groups is 1. The minimum atomic E-state index is 0.551. The van der Waals surface area contributed by atoms with Crippen LogP contribution in [0.5, 0.6) is 0 Å².